The zero-order valence-corrected chi connectivity index (χ0v) is 13.6. The highest BCUT2D eigenvalue weighted by atomic mass is 16.3. The Labute approximate surface area is 140 Å². The van der Waals surface area contributed by atoms with Crippen LogP contribution in [0, 0.1) is 0 Å². The van der Waals surface area contributed by atoms with Crippen LogP contribution in [0.15, 0.2) is 48.5 Å². The number of phenolic OH excluding ortho intramolecular Hbond substituents is 1. The molecule has 2 N–H and O–H groups in total. The van der Waals surface area contributed by atoms with Crippen LogP contribution in [0.4, 0.5) is 5.69 Å². The molecule has 0 aliphatic carbocycles. The quantitative estimate of drug-likeness (QED) is 0.901. The number of aromatic hydroxyl groups is 1. The molecule has 0 radical (unpaired) electrons. The molecule has 0 saturated carbocycles. The fraction of sp³-hybridized carbons (Fsp3) is 0.222. The van der Waals surface area contributed by atoms with Crippen molar-refractivity contribution in [3.8, 4) is 5.75 Å². The van der Waals surface area contributed by atoms with Crippen molar-refractivity contribution >= 4 is 17.5 Å². The first-order valence-corrected chi connectivity index (χ1v) is 7.65. The number of benzene rings is 2. The average molecular weight is 325 g/mol. The summed E-state index contributed by atoms with van der Waals surface area (Å²) in [6, 6.07) is 13.9. The minimum absolute atomic E-state index is 0.100. The molecule has 6 nitrogen and oxygen atoms in total. The van der Waals surface area contributed by atoms with E-state index >= 15 is 0 Å². The predicted octanol–water partition coefficient (Wildman–Crippen LogP) is 1.73. The number of nitrogens with zero attached hydrogens (tertiary/aromatic N) is 2. The highest BCUT2D eigenvalue weighted by Crippen LogP contribution is 2.37. The van der Waals surface area contributed by atoms with Crippen molar-refractivity contribution in [2.75, 3.05) is 25.5 Å². The monoisotopic (exact) mass is 325 g/mol. The lowest BCUT2D eigenvalue weighted by Gasteiger charge is -2.43. The number of carbonyl (C=O) groups is 2. The van der Waals surface area contributed by atoms with Gasteiger partial charge in [-0.3, -0.25) is 9.59 Å². The fourth-order valence-electron chi connectivity index (χ4n) is 3.00. The molecule has 0 bridgehead atoms. The van der Waals surface area contributed by atoms with Crippen molar-refractivity contribution < 1.29 is 14.7 Å². The van der Waals surface area contributed by atoms with Gasteiger partial charge in [-0.05, 0) is 29.8 Å². The highest BCUT2D eigenvalue weighted by Gasteiger charge is 2.36. The lowest BCUT2D eigenvalue weighted by atomic mass is 10.0. The number of hydrogen-bond donors (Lipinski definition) is 2. The van der Waals surface area contributed by atoms with Crippen LogP contribution < -0.4 is 10.2 Å². The number of amides is 2. The van der Waals surface area contributed by atoms with Gasteiger partial charge in [0.25, 0.3) is 5.91 Å². The van der Waals surface area contributed by atoms with Gasteiger partial charge in [0.15, 0.2) is 0 Å². The molecule has 1 heterocycles. The van der Waals surface area contributed by atoms with Crippen molar-refractivity contribution in [2.45, 2.75) is 6.17 Å². The van der Waals surface area contributed by atoms with E-state index in [-0.39, 0.29) is 24.1 Å². The van der Waals surface area contributed by atoms with Crippen molar-refractivity contribution in [1.29, 1.82) is 0 Å². The molecule has 1 atom stereocenters. The van der Waals surface area contributed by atoms with E-state index in [9.17, 15) is 14.7 Å². The number of likely N-dealkylation sites (N-methyl/N-ethyl adjacent to an activating group) is 1. The lowest BCUT2D eigenvalue weighted by Crippen LogP contribution is -2.50. The van der Waals surface area contributed by atoms with Gasteiger partial charge in [0, 0.05) is 14.1 Å². The van der Waals surface area contributed by atoms with E-state index in [0.29, 0.717) is 5.56 Å². The highest BCUT2D eigenvalue weighted by molar-refractivity contribution is 6.02. The molecule has 0 fully saturated rings. The van der Waals surface area contributed by atoms with E-state index in [1.807, 2.05) is 23.1 Å². The van der Waals surface area contributed by atoms with Crippen LogP contribution in [0.25, 0.3) is 0 Å². The summed E-state index contributed by atoms with van der Waals surface area (Å²) in [6.45, 7) is 0.122. The summed E-state index contributed by atoms with van der Waals surface area (Å²) in [5.41, 5.74) is 2.11. The summed E-state index contributed by atoms with van der Waals surface area (Å²) in [5.74, 6) is -0.0880. The van der Waals surface area contributed by atoms with Gasteiger partial charge in [-0.25, -0.2) is 0 Å². The summed E-state index contributed by atoms with van der Waals surface area (Å²) in [6.07, 6.45) is -0.426. The van der Waals surface area contributed by atoms with Crippen LogP contribution >= 0.6 is 0 Å². The largest absolute Gasteiger partial charge is 0.508 e. The smallest absolute Gasteiger partial charge is 0.257 e. The molecule has 2 aromatic carbocycles. The maximum absolute atomic E-state index is 12.7. The molecule has 1 aliphatic heterocycles. The van der Waals surface area contributed by atoms with Crippen LogP contribution in [-0.2, 0) is 4.79 Å². The topological polar surface area (TPSA) is 72.9 Å². The molecule has 2 amide bonds. The normalized spacial score (nSPS) is 16.8. The molecule has 0 aromatic heterocycles. The summed E-state index contributed by atoms with van der Waals surface area (Å²) in [7, 11) is 3.30. The number of anilines is 1. The first kappa shape index (κ1) is 15.9. The molecular formula is C18H19N3O3. The number of para-hydroxylation sites is 1. The number of hydrogen-bond acceptors (Lipinski definition) is 4. The van der Waals surface area contributed by atoms with Crippen LogP contribution in [0.3, 0.4) is 0 Å². The number of carbonyl (C=O) groups excluding carboxylic acids is 2. The molecule has 0 unspecified atom stereocenters. The van der Waals surface area contributed by atoms with Gasteiger partial charge in [0.05, 0.1) is 17.8 Å². The molecule has 124 valence electrons. The molecule has 3 rings (SSSR count). The third kappa shape index (κ3) is 2.67. The Morgan fingerprint density at radius 1 is 1.17 bits per heavy atom. The zero-order valence-electron chi connectivity index (χ0n) is 13.6. The van der Waals surface area contributed by atoms with E-state index in [1.165, 1.54) is 0 Å². The van der Waals surface area contributed by atoms with Crippen molar-refractivity contribution in [3.05, 3.63) is 59.7 Å². The molecule has 1 aliphatic rings. The van der Waals surface area contributed by atoms with Crippen LogP contribution in [0.1, 0.15) is 22.1 Å². The zero-order chi connectivity index (χ0) is 17.3. The van der Waals surface area contributed by atoms with Crippen LogP contribution in [0.2, 0.25) is 0 Å². The minimum atomic E-state index is -0.426. The third-order valence-electron chi connectivity index (χ3n) is 4.21. The summed E-state index contributed by atoms with van der Waals surface area (Å²) >= 11 is 0. The molecule has 6 heteroatoms. The third-order valence-corrected chi connectivity index (χ3v) is 4.21. The van der Waals surface area contributed by atoms with Crippen molar-refractivity contribution in [3.63, 3.8) is 0 Å². The molecule has 0 spiro atoms. The molecule has 24 heavy (non-hydrogen) atoms. The van der Waals surface area contributed by atoms with Gasteiger partial charge in [0.1, 0.15) is 11.9 Å². The van der Waals surface area contributed by atoms with Crippen molar-refractivity contribution in [1.82, 2.24) is 10.2 Å². The first-order valence-electron chi connectivity index (χ1n) is 7.65. The number of nitrogens with one attached hydrogen (secondary N) is 1. The maximum Gasteiger partial charge on any atom is 0.257 e. The van der Waals surface area contributed by atoms with E-state index in [4.69, 9.17) is 0 Å². The van der Waals surface area contributed by atoms with Crippen LogP contribution in [0.5, 0.6) is 5.75 Å². The van der Waals surface area contributed by atoms with E-state index in [0.717, 1.165) is 11.3 Å². The van der Waals surface area contributed by atoms with Crippen LogP contribution in [-0.4, -0.2) is 42.5 Å². The molecule has 2 aromatic rings. The Morgan fingerprint density at radius 2 is 1.83 bits per heavy atom. The Morgan fingerprint density at radius 3 is 2.50 bits per heavy atom. The van der Waals surface area contributed by atoms with E-state index < -0.39 is 6.17 Å². The fourth-order valence-corrected chi connectivity index (χ4v) is 3.00. The Kier molecular flexibility index (Phi) is 4.12. The Bertz CT molecular complexity index is 773. The van der Waals surface area contributed by atoms with E-state index in [1.54, 1.807) is 49.3 Å². The van der Waals surface area contributed by atoms with Gasteiger partial charge in [-0.15, -0.1) is 0 Å². The Hall–Kier alpha value is -3.02. The van der Waals surface area contributed by atoms with Crippen molar-refractivity contribution in [2.24, 2.45) is 0 Å². The standard InChI is InChI=1S/C18H19N3O3/c1-19-16(23)11-21-15-6-4-3-5-14(15)18(24)20(2)17(21)12-7-9-13(22)10-8-12/h3-10,17,22H,11H2,1-2H3,(H,19,23)/t17-/m1/s1. The predicted molar refractivity (Wildman–Crippen MR) is 90.8 cm³/mol. The van der Waals surface area contributed by atoms with E-state index in [2.05, 4.69) is 5.32 Å². The first-order chi connectivity index (χ1) is 11.5. The lowest BCUT2D eigenvalue weighted by molar-refractivity contribution is -0.119. The van der Waals surface area contributed by atoms with Gasteiger partial charge in [-0.2, -0.15) is 0 Å². The number of fused-ring (bicyclic) bond motifs is 1. The summed E-state index contributed by atoms with van der Waals surface area (Å²) in [5, 5.41) is 12.1. The second-order valence-corrected chi connectivity index (χ2v) is 5.70. The number of rotatable bonds is 3. The maximum atomic E-state index is 12.7. The number of phenols is 1. The minimum Gasteiger partial charge on any atom is -0.508 e. The van der Waals surface area contributed by atoms with Gasteiger partial charge in [0.2, 0.25) is 5.91 Å². The SMILES string of the molecule is CNC(=O)CN1c2ccccc2C(=O)N(C)[C@H]1c1ccc(O)cc1. The Balaban J connectivity index is 2.12. The summed E-state index contributed by atoms with van der Waals surface area (Å²) in [4.78, 5) is 28.2. The second kappa shape index (κ2) is 6.23. The molecular weight excluding hydrogens is 306 g/mol. The van der Waals surface area contributed by atoms with Gasteiger partial charge in [-0.1, -0.05) is 24.3 Å². The van der Waals surface area contributed by atoms with Gasteiger partial charge < -0.3 is 20.2 Å². The average Bonchev–Trinajstić information content (AvgIpc) is 2.60. The summed E-state index contributed by atoms with van der Waals surface area (Å²) < 4.78 is 0. The van der Waals surface area contributed by atoms with Gasteiger partial charge >= 0.3 is 0 Å². The molecule has 0 saturated heterocycles. The second-order valence-electron chi connectivity index (χ2n) is 5.70.